The second-order valence-electron chi connectivity index (χ2n) is 5.30. The monoisotopic (exact) mass is 228 g/mol. The van der Waals surface area contributed by atoms with E-state index in [0.717, 1.165) is 25.7 Å². The fourth-order valence-electron chi connectivity index (χ4n) is 2.28. The predicted octanol–water partition coefficient (Wildman–Crippen LogP) is 1.35. The second-order valence-corrected chi connectivity index (χ2v) is 5.30. The highest BCUT2D eigenvalue weighted by Gasteiger charge is 2.25. The zero-order valence-electron chi connectivity index (χ0n) is 10.3. The third kappa shape index (κ3) is 4.49. The third-order valence-electron chi connectivity index (χ3n) is 3.21. The molecule has 0 bridgehead atoms. The number of nitrogens with one attached hydrogen (secondary N) is 1. The van der Waals surface area contributed by atoms with Crippen LogP contribution in [0, 0.1) is 5.92 Å². The van der Waals surface area contributed by atoms with E-state index >= 15 is 0 Å². The first kappa shape index (κ1) is 13.5. The Morgan fingerprint density at radius 1 is 1.38 bits per heavy atom. The number of hydrogen-bond donors (Lipinski definition) is 3. The van der Waals surface area contributed by atoms with Gasteiger partial charge in [-0.3, -0.25) is 4.79 Å². The Labute approximate surface area is 97.6 Å². The zero-order valence-corrected chi connectivity index (χ0v) is 10.3. The maximum absolute atomic E-state index is 11.1. The maximum Gasteiger partial charge on any atom is 0.320 e. The molecule has 1 aliphatic carbocycles. The van der Waals surface area contributed by atoms with Crippen LogP contribution in [0.5, 0.6) is 0 Å². The molecule has 0 aromatic carbocycles. The fraction of sp³-hybridized carbons (Fsp3) is 0.917. The lowest BCUT2D eigenvalue weighted by atomic mass is 9.90. The molecule has 0 heterocycles. The predicted molar refractivity (Wildman–Crippen MR) is 64.2 cm³/mol. The summed E-state index contributed by atoms with van der Waals surface area (Å²) in [5.74, 6) is -0.331. The molecule has 0 amide bonds. The van der Waals surface area contributed by atoms with Crippen LogP contribution in [-0.2, 0) is 4.79 Å². The van der Waals surface area contributed by atoms with E-state index in [0.29, 0.717) is 24.4 Å². The van der Waals surface area contributed by atoms with Crippen molar-refractivity contribution >= 4 is 5.97 Å². The minimum atomic E-state index is -0.733. The molecule has 0 radical (unpaired) electrons. The molecular weight excluding hydrogens is 204 g/mol. The summed E-state index contributed by atoms with van der Waals surface area (Å²) in [6.07, 6.45) is 4.71. The lowest BCUT2D eigenvalue weighted by molar-refractivity contribution is -0.140. The van der Waals surface area contributed by atoms with Gasteiger partial charge in [0.15, 0.2) is 0 Å². The molecule has 0 unspecified atom stereocenters. The summed E-state index contributed by atoms with van der Waals surface area (Å²) >= 11 is 0. The number of carbonyl (C=O) groups is 1. The van der Waals surface area contributed by atoms with Crippen molar-refractivity contribution in [2.75, 3.05) is 0 Å². The minimum Gasteiger partial charge on any atom is -0.480 e. The molecule has 94 valence electrons. The molecule has 1 saturated carbocycles. The molecular formula is C12H24N2O2. The van der Waals surface area contributed by atoms with Crippen LogP contribution >= 0.6 is 0 Å². The quantitative estimate of drug-likeness (QED) is 0.664. The normalized spacial score (nSPS) is 28.0. The third-order valence-corrected chi connectivity index (χ3v) is 3.21. The summed E-state index contributed by atoms with van der Waals surface area (Å²) in [5, 5.41) is 12.4. The zero-order chi connectivity index (χ0) is 12.1. The first-order valence-corrected chi connectivity index (χ1v) is 6.23. The van der Waals surface area contributed by atoms with E-state index in [1.807, 2.05) is 0 Å². The van der Waals surface area contributed by atoms with Crippen molar-refractivity contribution in [2.45, 2.75) is 64.1 Å². The number of aliphatic carboxylic acids is 1. The van der Waals surface area contributed by atoms with Crippen LogP contribution in [0.4, 0.5) is 0 Å². The average molecular weight is 228 g/mol. The van der Waals surface area contributed by atoms with E-state index in [9.17, 15) is 4.79 Å². The number of hydrogen-bond acceptors (Lipinski definition) is 3. The SMILES string of the molecule is CC(C)C[C@H](NC1CCC(N)CC1)C(=O)O. The van der Waals surface area contributed by atoms with Crippen molar-refractivity contribution in [3.63, 3.8) is 0 Å². The highest BCUT2D eigenvalue weighted by Crippen LogP contribution is 2.18. The first-order valence-electron chi connectivity index (χ1n) is 6.23. The summed E-state index contributed by atoms with van der Waals surface area (Å²) in [6.45, 7) is 4.10. The summed E-state index contributed by atoms with van der Waals surface area (Å²) in [7, 11) is 0. The molecule has 0 spiro atoms. The average Bonchev–Trinajstić information content (AvgIpc) is 2.19. The van der Waals surface area contributed by atoms with Crippen molar-refractivity contribution in [1.82, 2.24) is 5.32 Å². The lowest BCUT2D eigenvalue weighted by Crippen LogP contribution is -2.46. The van der Waals surface area contributed by atoms with Gasteiger partial charge in [0.25, 0.3) is 0 Å². The molecule has 1 rings (SSSR count). The topological polar surface area (TPSA) is 75.3 Å². The highest BCUT2D eigenvalue weighted by atomic mass is 16.4. The van der Waals surface area contributed by atoms with Crippen LogP contribution in [0.15, 0.2) is 0 Å². The van der Waals surface area contributed by atoms with E-state index in [2.05, 4.69) is 19.2 Å². The van der Waals surface area contributed by atoms with Crippen LogP contribution in [0.3, 0.4) is 0 Å². The van der Waals surface area contributed by atoms with Gasteiger partial charge in [0.2, 0.25) is 0 Å². The molecule has 0 saturated heterocycles. The smallest absolute Gasteiger partial charge is 0.320 e. The molecule has 1 fully saturated rings. The van der Waals surface area contributed by atoms with E-state index in [1.54, 1.807) is 0 Å². The van der Waals surface area contributed by atoms with E-state index < -0.39 is 12.0 Å². The van der Waals surface area contributed by atoms with Crippen molar-refractivity contribution < 1.29 is 9.90 Å². The number of rotatable bonds is 5. The molecule has 1 atom stereocenters. The van der Waals surface area contributed by atoms with E-state index in [4.69, 9.17) is 10.8 Å². The summed E-state index contributed by atoms with van der Waals surface area (Å²) in [6, 6.07) is 0.241. The standard InChI is InChI=1S/C12H24N2O2/c1-8(2)7-11(12(15)16)14-10-5-3-9(13)4-6-10/h8-11,14H,3-7,13H2,1-2H3,(H,15,16)/t9?,10?,11-/m0/s1. The van der Waals surface area contributed by atoms with Crippen molar-refractivity contribution in [2.24, 2.45) is 11.7 Å². The first-order chi connectivity index (χ1) is 7.49. The van der Waals surface area contributed by atoms with E-state index in [-0.39, 0.29) is 0 Å². The summed E-state index contributed by atoms with van der Waals surface area (Å²) in [5.41, 5.74) is 5.82. The number of nitrogens with two attached hydrogens (primary N) is 1. The molecule has 16 heavy (non-hydrogen) atoms. The van der Waals surface area contributed by atoms with Crippen LogP contribution < -0.4 is 11.1 Å². The van der Waals surface area contributed by atoms with Gasteiger partial charge in [-0.05, 0) is 38.0 Å². The Morgan fingerprint density at radius 3 is 2.38 bits per heavy atom. The van der Waals surface area contributed by atoms with Gasteiger partial charge in [-0.15, -0.1) is 0 Å². The van der Waals surface area contributed by atoms with Crippen LogP contribution in [0.2, 0.25) is 0 Å². The van der Waals surface area contributed by atoms with Gasteiger partial charge in [-0.2, -0.15) is 0 Å². The van der Waals surface area contributed by atoms with Crippen molar-refractivity contribution in [3.05, 3.63) is 0 Å². The fourth-order valence-corrected chi connectivity index (χ4v) is 2.28. The molecule has 4 N–H and O–H groups in total. The van der Waals surface area contributed by atoms with Crippen LogP contribution in [0.25, 0.3) is 0 Å². The van der Waals surface area contributed by atoms with Gasteiger partial charge < -0.3 is 16.2 Å². The summed E-state index contributed by atoms with van der Waals surface area (Å²) < 4.78 is 0. The van der Waals surface area contributed by atoms with Gasteiger partial charge in [0, 0.05) is 12.1 Å². The summed E-state index contributed by atoms with van der Waals surface area (Å²) in [4.78, 5) is 11.1. The molecule has 4 heteroatoms. The number of carboxylic acids is 1. The Balaban J connectivity index is 2.39. The van der Waals surface area contributed by atoms with Gasteiger partial charge in [0.1, 0.15) is 6.04 Å². The Kier molecular flexibility index (Phi) is 5.22. The second kappa shape index (κ2) is 6.21. The van der Waals surface area contributed by atoms with E-state index in [1.165, 1.54) is 0 Å². The van der Waals surface area contributed by atoms with Crippen LogP contribution in [-0.4, -0.2) is 29.2 Å². The molecule has 1 aliphatic rings. The van der Waals surface area contributed by atoms with Gasteiger partial charge in [-0.1, -0.05) is 13.8 Å². The molecule has 0 aromatic heterocycles. The van der Waals surface area contributed by atoms with Gasteiger partial charge >= 0.3 is 5.97 Å². The highest BCUT2D eigenvalue weighted by molar-refractivity contribution is 5.73. The van der Waals surface area contributed by atoms with Crippen molar-refractivity contribution in [1.29, 1.82) is 0 Å². The maximum atomic E-state index is 11.1. The van der Waals surface area contributed by atoms with Crippen LogP contribution in [0.1, 0.15) is 46.0 Å². The lowest BCUT2D eigenvalue weighted by Gasteiger charge is -2.29. The minimum absolute atomic E-state index is 0.312. The Morgan fingerprint density at radius 2 is 1.94 bits per heavy atom. The molecule has 0 aromatic rings. The Bertz CT molecular complexity index is 223. The largest absolute Gasteiger partial charge is 0.480 e. The van der Waals surface area contributed by atoms with Crippen molar-refractivity contribution in [3.8, 4) is 0 Å². The number of carboxylic acid groups (broad SMARTS) is 1. The van der Waals surface area contributed by atoms with Gasteiger partial charge in [0.05, 0.1) is 0 Å². The Hall–Kier alpha value is -0.610. The van der Waals surface area contributed by atoms with Gasteiger partial charge in [-0.25, -0.2) is 0 Å². The molecule has 4 nitrogen and oxygen atoms in total. The molecule has 0 aliphatic heterocycles.